The van der Waals surface area contributed by atoms with Crippen molar-refractivity contribution < 1.29 is 9.21 Å². The van der Waals surface area contributed by atoms with E-state index in [1.54, 1.807) is 54.6 Å². The standard InChI is InChI=1S/C20H13Cl2N3O2/c21-13-4-1-3-12(9-13)19-25-17-11-16(7-8-18(17)27-19)24-20(26)23-15-6-2-5-14(22)10-15/h1-11H,(H2,23,24,26). The minimum atomic E-state index is -0.379. The van der Waals surface area contributed by atoms with Crippen LogP contribution in [0.15, 0.2) is 71.1 Å². The zero-order valence-electron chi connectivity index (χ0n) is 13.9. The van der Waals surface area contributed by atoms with E-state index in [9.17, 15) is 4.79 Å². The van der Waals surface area contributed by atoms with Gasteiger partial charge < -0.3 is 15.1 Å². The fourth-order valence-electron chi connectivity index (χ4n) is 2.61. The Morgan fingerprint density at radius 2 is 1.56 bits per heavy atom. The number of hydrogen-bond acceptors (Lipinski definition) is 3. The molecule has 134 valence electrons. The van der Waals surface area contributed by atoms with Gasteiger partial charge in [0.2, 0.25) is 5.89 Å². The van der Waals surface area contributed by atoms with Crippen molar-refractivity contribution in [3.05, 3.63) is 76.8 Å². The quantitative estimate of drug-likeness (QED) is 0.417. The van der Waals surface area contributed by atoms with Crippen molar-refractivity contribution in [2.75, 3.05) is 10.6 Å². The molecular weight excluding hydrogens is 385 g/mol. The number of amides is 2. The van der Waals surface area contributed by atoms with E-state index in [-0.39, 0.29) is 6.03 Å². The van der Waals surface area contributed by atoms with Crippen LogP contribution in [0.1, 0.15) is 0 Å². The number of anilines is 2. The summed E-state index contributed by atoms with van der Waals surface area (Å²) < 4.78 is 5.77. The van der Waals surface area contributed by atoms with Crippen molar-refractivity contribution in [1.29, 1.82) is 0 Å². The lowest BCUT2D eigenvalue weighted by Crippen LogP contribution is -2.19. The average molecular weight is 398 g/mol. The number of nitrogens with one attached hydrogen (secondary N) is 2. The number of hydrogen-bond donors (Lipinski definition) is 2. The summed E-state index contributed by atoms with van der Waals surface area (Å²) in [7, 11) is 0. The number of carbonyl (C=O) groups excluding carboxylic acids is 1. The van der Waals surface area contributed by atoms with E-state index in [1.807, 2.05) is 12.1 Å². The van der Waals surface area contributed by atoms with Crippen molar-refractivity contribution in [2.24, 2.45) is 0 Å². The van der Waals surface area contributed by atoms with E-state index in [0.717, 1.165) is 5.56 Å². The van der Waals surface area contributed by atoms with Gasteiger partial charge in [0.1, 0.15) is 5.52 Å². The zero-order chi connectivity index (χ0) is 18.8. The van der Waals surface area contributed by atoms with Crippen molar-refractivity contribution in [1.82, 2.24) is 4.98 Å². The number of benzene rings is 3. The number of rotatable bonds is 3. The van der Waals surface area contributed by atoms with E-state index in [1.165, 1.54) is 0 Å². The van der Waals surface area contributed by atoms with Crippen LogP contribution in [0.25, 0.3) is 22.6 Å². The molecule has 27 heavy (non-hydrogen) atoms. The van der Waals surface area contributed by atoms with Gasteiger partial charge in [0.05, 0.1) is 0 Å². The summed E-state index contributed by atoms with van der Waals surface area (Å²) in [4.78, 5) is 16.6. The summed E-state index contributed by atoms with van der Waals surface area (Å²) >= 11 is 11.9. The highest BCUT2D eigenvalue weighted by atomic mass is 35.5. The summed E-state index contributed by atoms with van der Waals surface area (Å²) in [5, 5.41) is 6.64. The van der Waals surface area contributed by atoms with Crippen LogP contribution in [-0.2, 0) is 0 Å². The van der Waals surface area contributed by atoms with Gasteiger partial charge in [-0.15, -0.1) is 0 Å². The Morgan fingerprint density at radius 3 is 2.30 bits per heavy atom. The molecule has 2 amide bonds. The summed E-state index contributed by atoms with van der Waals surface area (Å²) in [5.41, 5.74) is 3.22. The van der Waals surface area contributed by atoms with Crippen LogP contribution in [0.2, 0.25) is 10.0 Å². The molecule has 0 saturated carbocycles. The molecule has 0 aliphatic rings. The third-order valence-corrected chi connectivity index (χ3v) is 4.27. The predicted octanol–water partition coefficient (Wildman–Crippen LogP) is 6.45. The fraction of sp³-hybridized carbons (Fsp3) is 0. The molecule has 0 saturated heterocycles. The lowest BCUT2D eigenvalue weighted by atomic mass is 10.2. The van der Waals surface area contributed by atoms with Crippen LogP contribution in [0.3, 0.4) is 0 Å². The molecule has 5 nitrogen and oxygen atoms in total. The molecule has 0 spiro atoms. The molecule has 1 aromatic heterocycles. The molecule has 0 radical (unpaired) electrons. The maximum Gasteiger partial charge on any atom is 0.323 e. The van der Waals surface area contributed by atoms with Crippen LogP contribution in [0.4, 0.5) is 16.2 Å². The van der Waals surface area contributed by atoms with E-state index < -0.39 is 0 Å². The fourth-order valence-corrected chi connectivity index (χ4v) is 2.99. The highest BCUT2D eigenvalue weighted by molar-refractivity contribution is 6.31. The monoisotopic (exact) mass is 397 g/mol. The minimum absolute atomic E-state index is 0.379. The second kappa shape index (κ2) is 7.31. The Kier molecular flexibility index (Phi) is 4.71. The molecule has 0 aliphatic carbocycles. The maximum absolute atomic E-state index is 12.2. The van der Waals surface area contributed by atoms with Crippen molar-refractivity contribution in [2.45, 2.75) is 0 Å². The van der Waals surface area contributed by atoms with Crippen molar-refractivity contribution >= 4 is 51.7 Å². The van der Waals surface area contributed by atoms with Crippen molar-refractivity contribution in [3.8, 4) is 11.5 Å². The van der Waals surface area contributed by atoms with Gasteiger partial charge in [0.15, 0.2) is 5.58 Å². The van der Waals surface area contributed by atoms with Crippen LogP contribution in [0, 0.1) is 0 Å². The molecule has 4 aromatic rings. The molecule has 0 bridgehead atoms. The normalized spacial score (nSPS) is 10.7. The minimum Gasteiger partial charge on any atom is -0.436 e. The molecule has 0 fully saturated rings. The lowest BCUT2D eigenvalue weighted by molar-refractivity contribution is 0.262. The number of halogens is 2. The first-order chi connectivity index (χ1) is 13.1. The molecule has 3 aromatic carbocycles. The van der Waals surface area contributed by atoms with Crippen molar-refractivity contribution in [3.63, 3.8) is 0 Å². The first-order valence-corrected chi connectivity index (χ1v) is 8.82. The van der Waals surface area contributed by atoms with Gasteiger partial charge in [-0.1, -0.05) is 35.3 Å². The van der Waals surface area contributed by atoms with Gasteiger partial charge in [0, 0.05) is 27.0 Å². The number of urea groups is 1. The van der Waals surface area contributed by atoms with Gasteiger partial charge in [0.25, 0.3) is 0 Å². The Morgan fingerprint density at radius 1 is 0.852 bits per heavy atom. The van der Waals surface area contributed by atoms with E-state index in [4.69, 9.17) is 27.6 Å². The third kappa shape index (κ3) is 4.05. The average Bonchev–Trinajstić information content (AvgIpc) is 3.05. The maximum atomic E-state index is 12.2. The Hall–Kier alpha value is -3.02. The highest BCUT2D eigenvalue weighted by Gasteiger charge is 2.10. The van der Waals surface area contributed by atoms with E-state index in [0.29, 0.717) is 38.4 Å². The Balaban J connectivity index is 1.54. The molecule has 1 heterocycles. The second-order valence-corrected chi connectivity index (χ2v) is 6.67. The predicted molar refractivity (Wildman–Crippen MR) is 109 cm³/mol. The number of fused-ring (bicyclic) bond motifs is 1. The van der Waals surface area contributed by atoms with Gasteiger partial charge in [-0.3, -0.25) is 0 Å². The van der Waals surface area contributed by atoms with E-state index in [2.05, 4.69) is 15.6 Å². The molecule has 7 heteroatoms. The summed E-state index contributed by atoms with van der Waals surface area (Å²) in [5.74, 6) is 0.466. The molecule has 2 N–H and O–H groups in total. The van der Waals surface area contributed by atoms with Gasteiger partial charge in [-0.05, 0) is 54.6 Å². The number of oxazole rings is 1. The third-order valence-electron chi connectivity index (χ3n) is 3.80. The van der Waals surface area contributed by atoms with Crippen LogP contribution >= 0.6 is 23.2 Å². The number of aromatic nitrogens is 1. The molecule has 4 rings (SSSR count). The number of nitrogens with zero attached hydrogens (tertiary/aromatic N) is 1. The van der Waals surface area contributed by atoms with Crippen LogP contribution in [-0.4, -0.2) is 11.0 Å². The smallest absolute Gasteiger partial charge is 0.323 e. The summed E-state index contributed by atoms with van der Waals surface area (Å²) in [6, 6.07) is 19.0. The largest absolute Gasteiger partial charge is 0.436 e. The molecule has 0 aliphatic heterocycles. The second-order valence-electron chi connectivity index (χ2n) is 5.80. The molecular formula is C20H13Cl2N3O2. The summed E-state index contributed by atoms with van der Waals surface area (Å²) in [6.07, 6.45) is 0. The summed E-state index contributed by atoms with van der Waals surface area (Å²) in [6.45, 7) is 0. The highest BCUT2D eigenvalue weighted by Crippen LogP contribution is 2.27. The molecule has 0 atom stereocenters. The van der Waals surface area contributed by atoms with E-state index >= 15 is 0 Å². The van der Waals surface area contributed by atoms with Gasteiger partial charge in [-0.2, -0.15) is 0 Å². The first-order valence-electron chi connectivity index (χ1n) is 8.07. The Bertz CT molecular complexity index is 1140. The number of carbonyl (C=O) groups is 1. The first kappa shape index (κ1) is 17.4. The van der Waals surface area contributed by atoms with Gasteiger partial charge >= 0.3 is 6.03 Å². The molecule has 0 unspecified atom stereocenters. The van der Waals surface area contributed by atoms with Gasteiger partial charge in [-0.25, -0.2) is 9.78 Å². The Labute approximate surface area is 164 Å². The topological polar surface area (TPSA) is 67.2 Å². The zero-order valence-corrected chi connectivity index (χ0v) is 15.4. The SMILES string of the molecule is O=C(Nc1cccc(Cl)c1)Nc1ccc2oc(-c3cccc(Cl)c3)nc2c1. The van der Waals surface area contributed by atoms with Crippen LogP contribution < -0.4 is 10.6 Å². The lowest BCUT2D eigenvalue weighted by Gasteiger charge is -2.07. The van der Waals surface area contributed by atoms with Crippen LogP contribution in [0.5, 0.6) is 0 Å².